The molecule has 1 spiro atoms. The van der Waals surface area contributed by atoms with Crippen molar-refractivity contribution in [3.05, 3.63) is 23.3 Å². The van der Waals surface area contributed by atoms with Crippen LogP contribution in [-0.2, 0) is 33.6 Å². The van der Waals surface area contributed by atoms with Crippen molar-refractivity contribution in [1.82, 2.24) is 0 Å². The van der Waals surface area contributed by atoms with E-state index < -0.39 is 69.7 Å². The Balaban J connectivity index is 1.38. The summed E-state index contributed by atoms with van der Waals surface area (Å²) in [5, 5.41) is 22.7. The Labute approximate surface area is 273 Å². The Morgan fingerprint density at radius 3 is 2.30 bits per heavy atom. The van der Waals surface area contributed by atoms with Gasteiger partial charge in [0.2, 0.25) is 0 Å². The molecule has 46 heavy (non-hydrogen) atoms. The zero-order valence-corrected chi connectivity index (χ0v) is 29.0. The van der Waals surface area contributed by atoms with Crippen molar-refractivity contribution in [2.75, 3.05) is 0 Å². The Morgan fingerprint density at radius 1 is 1.04 bits per heavy atom. The molecule has 0 aromatic carbocycles. The van der Waals surface area contributed by atoms with Crippen LogP contribution >= 0.6 is 0 Å². The third-order valence-electron chi connectivity index (χ3n) is 12.6. The minimum absolute atomic E-state index is 0.0540. The van der Waals surface area contributed by atoms with Crippen LogP contribution in [0.1, 0.15) is 93.4 Å². The molecule has 1 aliphatic heterocycles. The van der Waals surface area contributed by atoms with Crippen molar-refractivity contribution in [3.63, 3.8) is 0 Å². The van der Waals surface area contributed by atoms with Crippen LogP contribution < -0.4 is 5.73 Å². The molecule has 1 heterocycles. The maximum atomic E-state index is 13.2. The quantitative estimate of drug-likeness (QED) is 0.106. The van der Waals surface area contributed by atoms with Crippen molar-refractivity contribution in [1.29, 1.82) is 0 Å². The number of esters is 1. The molecule has 5 rings (SSSR count). The van der Waals surface area contributed by atoms with Gasteiger partial charge in [0.25, 0.3) is 0 Å². The van der Waals surface area contributed by atoms with Crippen LogP contribution in [-0.4, -0.2) is 71.2 Å². The Kier molecular flexibility index (Phi) is 9.45. The normalized spacial score (nSPS) is 39.7. The molecule has 5 N–H and O–H groups in total. The lowest BCUT2D eigenvalue weighted by Gasteiger charge is -2.55. The van der Waals surface area contributed by atoms with Crippen LogP contribution in [0.25, 0.3) is 0 Å². The fourth-order valence-corrected chi connectivity index (χ4v) is 10.3. The smallest absolute Gasteiger partial charge is 0.397 e. The summed E-state index contributed by atoms with van der Waals surface area (Å²) in [5.41, 5.74) is 5.68. The highest BCUT2D eigenvalue weighted by molar-refractivity contribution is 7.80. The number of nitrogens with two attached hydrogens (primary N) is 1. The van der Waals surface area contributed by atoms with E-state index in [-0.39, 0.29) is 23.2 Å². The first kappa shape index (κ1) is 35.5. The summed E-state index contributed by atoms with van der Waals surface area (Å²) < 4.78 is 48.7. The molecule has 3 unspecified atom stereocenters. The second kappa shape index (κ2) is 12.2. The molecule has 0 amide bonds. The fraction of sp³-hybridized carbons (Fsp3) is 0.824. The summed E-state index contributed by atoms with van der Waals surface area (Å²) >= 11 is 0. The Hall–Kier alpha value is -1.83. The van der Waals surface area contributed by atoms with Gasteiger partial charge >= 0.3 is 22.3 Å². The first-order chi connectivity index (χ1) is 21.3. The van der Waals surface area contributed by atoms with Gasteiger partial charge in [0.1, 0.15) is 36.1 Å². The van der Waals surface area contributed by atoms with E-state index in [1.807, 2.05) is 0 Å². The molecule has 0 aromatic rings. The number of hydrogen-bond acceptors (Lipinski definition) is 9. The number of allylic oxidation sites excluding steroid dienone is 2. The van der Waals surface area contributed by atoms with Crippen molar-refractivity contribution < 1.29 is 46.4 Å². The molecule has 0 bridgehead atoms. The minimum Gasteiger partial charge on any atom is -0.481 e. The number of aliphatic carboxylic acids is 1. The van der Waals surface area contributed by atoms with Gasteiger partial charge < -0.3 is 25.4 Å². The zero-order valence-electron chi connectivity index (χ0n) is 28.1. The molecule has 1 saturated heterocycles. The predicted octanol–water partition coefficient (Wildman–Crippen LogP) is 4.44. The molecule has 4 fully saturated rings. The van der Waals surface area contributed by atoms with Crippen LogP contribution in [0.2, 0.25) is 0 Å². The maximum absolute atomic E-state index is 13.2. The molecular weight excluding hydrogens is 614 g/mol. The number of aliphatic hydroxyl groups excluding tert-OH is 1. The van der Waals surface area contributed by atoms with E-state index in [1.54, 1.807) is 13.8 Å². The number of hydrogen-bond donors (Lipinski definition) is 4. The standard InChI is InChI=1S/C34H53NO10S/c1-17(2)19(5)8-9-20(6)22-10-11-24-25-23(13-15-33(22,24)31(38)39)32(7)14-12-21(16-34(32)29(44-34)27(25)36)43-30(37)26(35)28(18(3)4)45-46(40,41)42/h8-9,17-23,26-29,36H,10-16,35H2,1-7H3,(H,38,39)(H,40,41,42)/b9-8+/t19-,20+,21-,22?,23?,26-,27+,28-,29-,32+,33?,34-/m0/s1. The molecule has 0 radical (unpaired) electrons. The number of epoxide rings is 1. The van der Waals surface area contributed by atoms with Gasteiger partial charge in [0, 0.05) is 11.8 Å². The first-order valence-electron chi connectivity index (χ1n) is 16.9. The second-order valence-electron chi connectivity index (χ2n) is 15.6. The van der Waals surface area contributed by atoms with Crippen molar-refractivity contribution in [2.45, 2.75) is 129 Å². The molecule has 11 nitrogen and oxygen atoms in total. The second-order valence-corrected chi connectivity index (χ2v) is 16.7. The molecule has 0 aromatic heterocycles. The fourth-order valence-electron chi connectivity index (χ4n) is 9.65. The van der Waals surface area contributed by atoms with Gasteiger partial charge in [-0.15, -0.1) is 0 Å². The van der Waals surface area contributed by atoms with Gasteiger partial charge in [-0.2, -0.15) is 8.42 Å². The van der Waals surface area contributed by atoms with E-state index in [0.29, 0.717) is 50.4 Å². The molecule has 260 valence electrons. The van der Waals surface area contributed by atoms with E-state index in [4.69, 9.17) is 15.2 Å². The van der Waals surface area contributed by atoms with Crippen molar-refractivity contribution >= 4 is 22.3 Å². The molecule has 5 aliphatic rings. The predicted molar refractivity (Wildman–Crippen MR) is 170 cm³/mol. The van der Waals surface area contributed by atoms with Gasteiger partial charge in [0.05, 0.1) is 5.41 Å². The topological polar surface area (TPSA) is 186 Å². The number of fused-ring (bicyclic) bond motifs is 3. The SMILES string of the molecule is CC(C)[C@@H](C)/C=C/[C@@H](C)C1CCC2=C3C(CCC21C(=O)O)[C@@]1(C)CC[C@H](OC(=O)[C@@H](N)[C@@H](OS(=O)(=O)O)C(C)C)C[C@@]12O[C@H]2[C@@H]3O. The summed E-state index contributed by atoms with van der Waals surface area (Å²) in [6.07, 6.45) is 5.08. The van der Waals surface area contributed by atoms with Gasteiger partial charge in [-0.3, -0.25) is 14.1 Å². The van der Waals surface area contributed by atoms with Crippen molar-refractivity contribution in [3.8, 4) is 0 Å². The van der Waals surface area contributed by atoms with Crippen LogP contribution in [0, 0.1) is 46.3 Å². The lowest BCUT2D eigenvalue weighted by Crippen LogP contribution is -2.59. The summed E-state index contributed by atoms with van der Waals surface area (Å²) in [6.45, 7) is 14.1. The Morgan fingerprint density at radius 2 is 1.72 bits per heavy atom. The summed E-state index contributed by atoms with van der Waals surface area (Å²) in [5.74, 6) is -1.29. The van der Waals surface area contributed by atoms with Gasteiger partial charge in [-0.25, -0.2) is 4.18 Å². The van der Waals surface area contributed by atoms with Crippen LogP contribution in [0.4, 0.5) is 0 Å². The van der Waals surface area contributed by atoms with E-state index in [0.717, 1.165) is 17.6 Å². The van der Waals surface area contributed by atoms with Crippen LogP contribution in [0.3, 0.4) is 0 Å². The highest BCUT2D eigenvalue weighted by Crippen LogP contribution is 2.72. The molecule has 3 saturated carbocycles. The summed E-state index contributed by atoms with van der Waals surface area (Å²) in [6, 6.07) is -1.44. The molecule has 4 aliphatic carbocycles. The van der Waals surface area contributed by atoms with E-state index in [1.165, 1.54) is 0 Å². The average molecular weight is 668 g/mol. The Bertz CT molecular complexity index is 1390. The highest BCUT2D eigenvalue weighted by Gasteiger charge is 2.78. The zero-order chi connectivity index (χ0) is 34.1. The highest BCUT2D eigenvalue weighted by atomic mass is 32.3. The monoisotopic (exact) mass is 667 g/mol. The molecule has 12 heteroatoms. The van der Waals surface area contributed by atoms with Gasteiger partial charge in [-0.05, 0) is 79.6 Å². The van der Waals surface area contributed by atoms with E-state index >= 15 is 0 Å². The third-order valence-corrected chi connectivity index (χ3v) is 13.1. The van der Waals surface area contributed by atoms with E-state index in [2.05, 4.69) is 51.0 Å². The van der Waals surface area contributed by atoms with Crippen molar-refractivity contribution in [2.24, 2.45) is 52.1 Å². The molecular formula is C34H53NO10S. The summed E-state index contributed by atoms with van der Waals surface area (Å²) in [7, 11) is -4.84. The summed E-state index contributed by atoms with van der Waals surface area (Å²) in [4.78, 5) is 26.3. The number of rotatable bonds is 11. The first-order valence-corrected chi connectivity index (χ1v) is 18.3. The molecule has 12 atom stereocenters. The number of ether oxygens (including phenoxy) is 2. The lowest BCUT2D eigenvalue weighted by atomic mass is 9.47. The van der Waals surface area contributed by atoms with Crippen LogP contribution in [0.5, 0.6) is 0 Å². The number of aliphatic hydroxyl groups is 1. The van der Waals surface area contributed by atoms with Crippen LogP contribution in [0.15, 0.2) is 23.3 Å². The number of carboxylic acids is 1. The minimum atomic E-state index is -4.84. The largest absolute Gasteiger partial charge is 0.481 e. The number of carboxylic acid groups (broad SMARTS) is 1. The average Bonchev–Trinajstić information content (AvgIpc) is 3.56. The van der Waals surface area contributed by atoms with Gasteiger partial charge in [-0.1, -0.05) is 66.2 Å². The number of carbonyl (C=O) groups is 2. The van der Waals surface area contributed by atoms with Gasteiger partial charge in [0.15, 0.2) is 0 Å². The van der Waals surface area contributed by atoms with E-state index in [9.17, 15) is 32.8 Å². The maximum Gasteiger partial charge on any atom is 0.397 e. The third kappa shape index (κ3) is 5.68. The lowest BCUT2D eigenvalue weighted by molar-refractivity contribution is -0.160. The number of carbonyl (C=O) groups excluding carboxylic acids is 1.